The van der Waals surface area contributed by atoms with Crippen LogP contribution >= 0.6 is 15.9 Å². The molecular weight excluding hydrogens is 548 g/mol. The first-order valence-corrected chi connectivity index (χ1v) is 11.5. The fourth-order valence-electron chi connectivity index (χ4n) is 3.21. The molecule has 0 heterocycles. The predicted octanol–water partition coefficient (Wildman–Crippen LogP) is 6.31. The van der Waals surface area contributed by atoms with Gasteiger partial charge in [0, 0.05) is 11.8 Å². The van der Waals surface area contributed by atoms with Crippen molar-refractivity contribution in [3.8, 4) is 23.3 Å². The third kappa shape index (κ3) is 6.47. The minimum Gasteiger partial charge on any atom is -0.490 e. The highest BCUT2D eigenvalue weighted by Crippen LogP contribution is 2.43. The van der Waals surface area contributed by atoms with Gasteiger partial charge in [0.1, 0.15) is 11.6 Å². The number of hydrogen-bond donors (Lipinski definition) is 1. The highest BCUT2D eigenvalue weighted by atomic mass is 79.9. The lowest BCUT2D eigenvalue weighted by atomic mass is 10.1. The first-order chi connectivity index (χ1) is 17.6. The zero-order valence-electron chi connectivity index (χ0n) is 19.6. The molecular formula is C25H19BrN4O7. The van der Waals surface area contributed by atoms with Gasteiger partial charge >= 0.3 is 5.69 Å². The van der Waals surface area contributed by atoms with E-state index < -0.39 is 27.1 Å². The molecule has 1 amide bonds. The number of halogens is 1. The summed E-state index contributed by atoms with van der Waals surface area (Å²) in [5, 5.41) is 34.8. The van der Waals surface area contributed by atoms with E-state index in [-0.39, 0.29) is 29.4 Å². The van der Waals surface area contributed by atoms with Gasteiger partial charge in [-0.25, -0.2) is 0 Å². The van der Waals surface area contributed by atoms with Crippen LogP contribution in [0.4, 0.5) is 17.1 Å². The summed E-state index contributed by atoms with van der Waals surface area (Å²) in [6.45, 7) is 3.74. The number of amides is 1. The molecule has 0 unspecified atom stereocenters. The van der Waals surface area contributed by atoms with Crippen LogP contribution in [0.15, 0.2) is 64.6 Å². The molecule has 0 aliphatic rings. The van der Waals surface area contributed by atoms with Gasteiger partial charge in [0.25, 0.3) is 11.6 Å². The third-order valence-corrected chi connectivity index (χ3v) is 5.55. The molecule has 0 atom stereocenters. The van der Waals surface area contributed by atoms with Gasteiger partial charge in [-0.1, -0.05) is 18.2 Å². The molecule has 0 spiro atoms. The highest BCUT2D eigenvalue weighted by Gasteiger charge is 2.24. The Morgan fingerprint density at radius 2 is 1.84 bits per heavy atom. The van der Waals surface area contributed by atoms with E-state index in [0.29, 0.717) is 15.7 Å². The first kappa shape index (κ1) is 26.8. The number of nitrogens with zero attached hydrogens (tertiary/aromatic N) is 3. The fourth-order valence-corrected chi connectivity index (χ4v) is 3.75. The second-order valence-corrected chi connectivity index (χ2v) is 8.32. The lowest BCUT2D eigenvalue weighted by Crippen LogP contribution is -2.14. The van der Waals surface area contributed by atoms with Crippen LogP contribution in [0.3, 0.4) is 0 Å². The maximum Gasteiger partial charge on any atom is 0.318 e. The number of carbonyl (C=O) groups is 1. The van der Waals surface area contributed by atoms with Crippen molar-refractivity contribution in [3.63, 3.8) is 0 Å². The Labute approximate surface area is 219 Å². The molecule has 0 saturated heterocycles. The number of rotatable bonds is 9. The minimum atomic E-state index is -0.792. The molecule has 0 bridgehead atoms. The molecule has 0 aliphatic heterocycles. The molecule has 12 heteroatoms. The maximum absolute atomic E-state index is 12.7. The summed E-state index contributed by atoms with van der Waals surface area (Å²) in [5.41, 5.74) is 0.577. The van der Waals surface area contributed by atoms with E-state index >= 15 is 0 Å². The van der Waals surface area contributed by atoms with Crippen LogP contribution in [0.5, 0.6) is 17.2 Å². The smallest absolute Gasteiger partial charge is 0.318 e. The summed E-state index contributed by atoms with van der Waals surface area (Å²) in [4.78, 5) is 33.7. The van der Waals surface area contributed by atoms with Gasteiger partial charge < -0.3 is 14.8 Å². The Balaban J connectivity index is 1.99. The van der Waals surface area contributed by atoms with Crippen molar-refractivity contribution in [2.45, 2.75) is 13.8 Å². The number of carbonyl (C=O) groups excluding carboxylic acids is 1. The van der Waals surface area contributed by atoms with E-state index in [2.05, 4.69) is 21.2 Å². The Morgan fingerprint density at radius 3 is 2.46 bits per heavy atom. The van der Waals surface area contributed by atoms with Gasteiger partial charge in [-0.05, 0) is 71.2 Å². The van der Waals surface area contributed by atoms with Crippen molar-refractivity contribution in [1.82, 2.24) is 0 Å². The number of para-hydroxylation sites is 1. The molecule has 3 aromatic carbocycles. The van der Waals surface area contributed by atoms with Crippen LogP contribution in [0.25, 0.3) is 6.08 Å². The molecule has 37 heavy (non-hydrogen) atoms. The van der Waals surface area contributed by atoms with Crippen LogP contribution in [0, 0.1) is 38.5 Å². The molecule has 0 aromatic heterocycles. The van der Waals surface area contributed by atoms with Crippen molar-refractivity contribution in [1.29, 1.82) is 5.26 Å². The minimum absolute atomic E-state index is 0.0684. The Bertz CT molecular complexity index is 1460. The topological polar surface area (TPSA) is 158 Å². The van der Waals surface area contributed by atoms with Gasteiger partial charge in [0.05, 0.1) is 27.0 Å². The second kappa shape index (κ2) is 11.8. The molecule has 0 saturated carbocycles. The zero-order valence-corrected chi connectivity index (χ0v) is 21.1. The molecule has 0 radical (unpaired) electrons. The number of non-ortho nitro benzene ring substituents is 1. The van der Waals surface area contributed by atoms with E-state index in [1.54, 1.807) is 19.1 Å². The number of ether oxygens (including phenoxy) is 2. The molecule has 0 fully saturated rings. The lowest BCUT2D eigenvalue weighted by Gasteiger charge is -2.15. The zero-order chi connectivity index (χ0) is 27.1. The van der Waals surface area contributed by atoms with E-state index in [9.17, 15) is 30.3 Å². The Morgan fingerprint density at radius 1 is 1.11 bits per heavy atom. The van der Waals surface area contributed by atoms with Gasteiger partial charge in [-0.2, -0.15) is 5.26 Å². The van der Waals surface area contributed by atoms with Crippen molar-refractivity contribution in [2.75, 3.05) is 11.9 Å². The predicted molar refractivity (Wildman–Crippen MR) is 139 cm³/mol. The summed E-state index contributed by atoms with van der Waals surface area (Å²) in [6.07, 6.45) is 1.36. The number of nitro benzene ring substituents is 2. The summed E-state index contributed by atoms with van der Waals surface area (Å²) in [7, 11) is 0. The number of nitriles is 1. The van der Waals surface area contributed by atoms with Crippen molar-refractivity contribution >= 4 is 45.0 Å². The average molecular weight is 567 g/mol. The van der Waals surface area contributed by atoms with Gasteiger partial charge in [-0.3, -0.25) is 25.0 Å². The van der Waals surface area contributed by atoms with Crippen molar-refractivity contribution < 1.29 is 24.1 Å². The van der Waals surface area contributed by atoms with E-state index in [1.807, 2.05) is 25.1 Å². The number of nitrogens with one attached hydrogen (secondary N) is 1. The van der Waals surface area contributed by atoms with Crippen LogP contribution in [0.2, 0.25) is 0 Å². The summed E-state index contributed by atoms with van der Waals surface area (Å²) < 4.78 is 11.7. The normalized spacial score (nSPS) is 10.8. The van der Waals surface area contributed by atoms with Gasteiger partial charge in [-0.15, -0.1) is 0 Å². The van der Waals surface area contributed by atoms with Crippen molar-refractivity contribution in [2.24, 2.45) is 0 Å². The molecule has 188 valence electrons. The van der Waals surface area contributed by atoms with Gasteiger partial charge in [0.15, 0.2) is 11.5 Å². The molecule has 11 nitrogen and oxygen atoms in total. The average Bonchev–Trinajstić information content (AvgIpc) is 2.86. The van der Waals surface area contributed by atoms with Crippen LogP contribution < -0.4 is 14.8 Å². The van der Waals surface area contributed by atoms with E-state index in [1.165, 1.54) is 18.2 Å². The maximum atomic E-state index is 12.7. The largest absolute Gasteiger partial charge is 0.490 e. The van der Waals surface area contributed by atoms with E-state index in [0.717, 1.165) is 23.8 Å². The van der Waals surface area contributed by atoms with E-state index in [4.69, 9.17) is 9.47 Å². The van der Waals surface area contributed by atoms with Crippen LogP contribution in [-0.2, 0) is 4.79 Å². The fraction of sp³-hybridized carbons (Fsp3) is 0.120. The molecule has 0 aliphatic carbocycles. The molecule has 1 N–H and O–H groups in total. The summed E-state index contributed by atoms with van der Waals surface area (Å²) in [5.74, 6) is -0.616. The van der Waals surface area contributed by atoms with Crippen LogP contribution in [0.1, 0.15) is 18.1 Å². The SMILES string of the molecule is CCOc1cc(/C=C(\C#N)C(=O)Nc2ccccc2C)cc(Br)c1Oc1ccc([N+](=O)[O-])cc1[N+](=O)[O-]. The Hall–Kier alpha value is -4.76. The number of hydrogen-bond acceptors (Lipinski definition) is 8. The number of anilines is 1. The number of nitro groups is 2. The monoisotopic (exact) mass is 566 g/mol. The summed E-state index contributed by atoms with van der Waals surface area (Å²) >= 11 is 3.34. The summed E-state index contributed by atoms with van der Waals surface area (Å²) in [6, 6.07) is 15.0. The highest BCUT2D eigenvalue weighted by molar-refractivity contribution is 9.10. The molecule has 3 aromatic rings. The number of benzene rings is 3. The lowest BCUT2D eigenvalue weighted by molar-refractivity contribution is -0.394. The molecule has 3 rings (SSSR count). The van der Waals surface area contributed by atoms with Crippen LogP contribution in [-0.4, -0.2) is 22.4 Å². The Kier molecular flexibility index (Phi) is 8.55. The number of aryl methyl sites for hydroxylation is 1. The van der Waals surface area contributed by atoms with Gasteiger partial charge in [0.2, 0.25) is 5.75 Å². The standard InChI is InChI=1S/C25H19BrN4O7/c1-3-36-23-12-16(10-17(14-27)25(31)28-20-7-5-4-6-15(20)2)11-19(26)24(23)37-22-9-8-18(29(32)33)13-21(22)30(34)35/h4-13H,3H2,1-2H3,(H,28,31)/b17-10+. The van der Waals surface area contributed by atoms with Crippen molar-refractivity contribution in [3.05, 3.63) is 96.0 Å². The third-order valence-electron chi connectivity index (χ3n) is 4.96. The second-order valence-electron chi connectivity index (χ2n) is 7.47. The quantitative estimate of drug-likeness (QED) is 0.136. The first-order valence-electron chi connectivity index (χ1n) is 10.7.